The van der Waals surface area contributed by atoms with Gasteiger partial charge in [0.15, 0.2) is 11.5 Å². The highest BCUT2D eigenvalue weighted by atomic mass is 35.5. The van der Waals surface area contributed by atoms with Gasteiger partial charge >= 0.3 is 0 Å². The lowest BCUT2D eigenvalue weighted by atomic mass is 10.2. The molecule has 8 heteroatoms. The molecule has 2 N–H and O–H groups in total. The van der Waals surface area contributed by atoms with Gasteiger partial charge in [0, 0.05) is 11.1 Å². The second-order valence-corrected chi connectivity index (χ2v) is 6.86. The summed E-state index contributed by atoms with van der Waals surface area (Å²) in [6.07, 6.45) is 0. The molecule has 0 aromatic heterocycles. The summed E-state index contributed by atoms with van der Waals surface area (Å²) in [6, 6.07) is 7.05. The van der Waals surface area contributed by atoms with E-state index >= 15 is 0 Å². The number of ether oxygens (including phenoxy) is 2. The molecule has 0 atom stereocenters. The van der Waals surface area contributed by atoms with Crippen molar-refractivity contribution < 1.29 is 23.0 Å². The van der Waals surface area contributed by atoms with Crippen molar-refractivity contribution in [3.8, 4) is 17.2 Å². The number of aryl methyl sites for hydroxylation is 1. The first-order chi connectivity index (χ1) is 10.8. The van der Waals surface area contributed by atoms with E-state index in [-0.39, 0.29) is 22.1 Å². The third kappa shape index (κ3) is 3.62. The van der Waals surface area contributed by atoms with Crippen molar-refractivity contribution in [1.29, 1.82) is 0 Å². The van der Waals surface area contributed by atoms with Crippen LogP contribution in [0.4, 0.5) is 5.69 Å². The summed E-state index contributed by atoms with van der Waals surface area (Å²) in [4.78, 5) is -0.0350. The van der Waals surface area contributed by atoms with Crippen LogP contribution in [0.25, 0.3) is 0 Å². The van der Waals surface area contributed by atoms with Gasteiger partial charge in [-0.2, -0.15) is 0 Å². The van der Waals surface area contributed by atoms with Gasteiger partial charge in [-0.1, -0.05) is 11.6 Å². The van der Waals surface area contributed by atoms with Crippen LogP contribution in [-0.2, 0) is 10.0 Å². The standard InChI is InChI=1S/C15H16ClNO5S/c1-9-6-10(16)7-12(15(9)18)17-23(19,20)11-4-5-13(21-2)14(8-11)22-3/h4-8,17-18H,1-3H3. The Kier molecular flexibility index (Phi) is 4.91. The number of sulfonamides is 1. The Morgan fingerprint density at radius 2 is 1.74 bits per heavy atom. The number of methoxy groups -OCH3 is 2. The quantitative estimate of drug-likeness (QED) is 0.803. The monoisotopic (exact) mass is 357 g/mol. The third-order valence-corrected chi connectivity index (χ3v) is 4.76. The van der Waals surface area contributed by atoms with E-state index in [9.17, 15) is 13.5 Å². The van der Waals surface area contributed by atoms with Gasteiger partial charge in [-0.15, -0.1) is 0 Å². The average molecular weight is 358 g/mol. The lowest BCUT2D eigenvalue weighted by molar-refractivity contribution is 0.354. The molecule has 0 unspecified atom stereocenters. The molecule has 0 saturated heterocycles. The summed E-state index contributed by atoms with van der Waals surface area (Å²) in [5, 5.41) is 10.3. The largest absolute Gasteiger partial charge is 0.505 e. The summed E-state index contributed by atoms with van der Waals surface area (Å²) in [6.45, 7) is 1.62. The molecule has 0 saturated carbocycles. The molecule has 0 amide bonds. The van der Waals surface area contributed by atoms with Gasteiger partial charge in [0.1, 0.15) is 5.75 Å². The summed E-state index contributed by atoms with van der Waals surface area (Å²) >= 11 is 5.90. The summed E-state index contributed by atoms with van der Waals surface area (Å²) in [5.41, 5.74) is 0.465. The summed E-state index contributed by atoms with van der Waals surface area (Å²) in [7, 11) is -1.07. The second-order valence-electron chi connectivity index (χ2n) is 4.74. The van der Waals surface area contributed by atoms with Crippen molar-refractivity contribution in [2.24, 2.45) is 0 Å². The molecular weight excluding hydrogens is 342 g/mol. The van der Waals surface area contributed by atoms with Gasteiger partial charge in [0.2, 0.25) is 0 Å². The van der Waals surface area contributed by atoms with Crippen LogP contribution in [-0.4, -0.2) is 27.7 Å². The molecule has 0 aliphatic carbocycles. The van der Waals surface area contributed by atoms with Gasteiger partial charge in [0.05, 0.1) is 24.8 Å². The van der Waals surface area contributed by atoms with Crippen LogP contribution in [0.5, 0.6) is 17.2 Å². The number of aromatic hydroxyl groups is 1. The van der Waals surface area contributed by atoms with Crippen molar-refractivity contribution in [2.45, 2.75) is 11.8 Å². The number of phenolic OH excluding ortho intramolecular Hbond substituents is 1. The zero-order valence-corrected chi connectivity index (χ0v) is 14.3. The van der Waals surface area contributed by atoms with E-state index in [4.69, 9.17) is 21.1 Å². The maximum Gasteiger partial charge on any atom is 0.262 e. The lowest BCUT2D eigenvalue weighted by Crippen LogP contribution is -2.13. The van der Waals surface area contributed by atoms with Crippen molar-refractivity contribution >= 4 is 27.3 Å². The Bertz CT molecular complexity index is 836. The lowest BCUT2D eigenvalue weighted by Gasteiger charge is -2.13. The molecule has 2 aromatic rings. The predicted molar refractivity (Wildman–Crippen MR) is 88.2 cm³/mol. The molecule has 124 valence electrons. The van der Waals surface area contributed by atoms with E-state index in [0.29, 0.717) is 16.3 Å². The fraction of sp³-hybridized carbons (Fsp3) is 0.200. The normalized spacial score (nSPS) is 11.1. The van der Waals surface area contributed by atoms with E-state index in [1.54, 1.807) is 6.92 Å². The molecule has 0 heterocycles. The highest BCUT2D eigenvalue weighted by Crippen LogP contribution is 2.34. The van der Waals surface area contributed by atoms with E-state index in [2.05, 4.69) is 4.72 Å². The predicted octanol–water partition coefficient (Wildman–Crippen LogP) is 3.17. The van der Waals surface area contributed by atoms with Gasteiger partial charge in [0.25, 0.3) is 10.0 Å². The average Bonchev–Trinajstić information content (AvgIpc) is 2.51. The van der Waals surface area contributed by atoms with Crippen LogP contribution < -0.4 is 14.2 Å². The molecule has 0 aliphatic rings. The van der Waals surface area contributed by atoms with Crippen LogP contribution in [0.3, 0.4) is 0 Å². The summed E-state index contributed by atoms with van der Waals surface area (Å²) in [5.74, 6) is 0.508. The fourth-order valence-electron chi connectivity index (χ4n) is 2.00. The topological polar surface area (TPSA) is 84.9 Å². The highest BCUT2D eigenvalue weighted by Gasteiger charge is 2.19. The molecule has 0 radical (unpaired) electrons. The minimum absolute atomic E-state index is 0.00443. The minimum Gasteiger partial charge on any atom is -0.505 e. The first kappa shape index (κ1) is 17.2. The molecule has 2 rings (SSSR count). The van der Waals surface area contributed by atoms with Crippen molar-refractivity contribution in [2.75, 3.05) is 18.9 Å². The number of hydrogen-bond donors (Lipinski definition) is 2. The molecular formula is C15H16ClNO5S. The Labute approximate surface area is 139 Å². The van der Waals surface area contributed by atoms with Crippen molar-refractivity contribution in [3.05, 3.63) is 40.9 Å². The Balaban J connectivity index is 2.44. The molecule has 0 fully saturated rings. The van der Waals surface area contributed by atoms with Gasteiger partial charge in [-0.25, -0.2) is 8.42 Å². The molecule has 0 bridgehead atoms. The Morgan fingerprint density at radius 1 is 1.09 bits per heavy atom. The SMILES string of the molecule is COc1ccc(S(=O)(=O)Nc2cc(Cl)cc(C)c2O)cc1OC. The van der Waals surface area contributed by atoms with Crippen LogP contribution in [0, 0.1) is 6.92 Å². The number of phenols is 1. The van der Waals surface area contributed by atoms with E-state index < -0.39 is 10.0 Å². The van der Waals surface area contributed by atoms with Crippen LogP contribution in [0.2, 0.25) is 5.02 Å². The maximum atomic E-state index is 12.5. The van der Waals surface area contributed by atoms with Gasteiger partial charge in [-0.05, 0) is 36.8 Å². The van der Waals surface area contributed by atoms with E-state index in [0.717, 1.165) is 0 Å². The Morgan fingerprint density at radius 3 is 2.35 bits per heavy atom. The number of benzene rings is 2. The summed E-state index contributed by atoms with van der Waals surface area (Å²) < 4.78 is 37.5. The third-order valence-electron chi connectivity index (χ3n) is 3.17. The van der Waals surface area contributed by atoms with Gasteiger partial charge < -0.3 is 14.6 Å². The number of rotatable bonds is 5. The van der Waals surface area contributed by atoms with Gasteiger partial charge in [-0.3, -0.25) is 4.72 Å². The number of anilines is 1. The van der Waals surface area contributed by atoms with Crippen LogP contribution in [0.15, 0.2) is 35.2 Å². The number of halogens is 1. The molecule has 23 heavy (non-hydrogen) atoms. The molecule has 0 spiro atoms. The Hall–Kier alpha value is -2.12. The number of hydrogen-bond acceptors (Lipinski definition) is 5. The highest BCUT2D eigenvalue weighted by molar-refractivity contribution is 7.92. The zero-order valence-electron chi connectivity index (χ0n) is 12.8. The second kappa shape index (κ2) is 6.55. The zero-order chi connectivity index (χ0) is 17.2. The van der Waals surface area contributed by atoms with Crippen molar-refractivity contribution in [1.82, 2.24) is 0 Å². The molecule has 6 nitrogen and oxygen atoms in total. The molecule has 0 aliphatic heterocycles. The minimum atomic E-state index is -3.93. The fourth-order valence-corrected chi connectivity index (χ4v) is 3.35. The first-order valence-corrected chi connectivity index (χ1v) is 8.38. The maximum absolute atomic E-state index is 12.5. The van der Waals surface area contributed by atoms with Crippen molar-refractivity contribution in [3.63, 3.8) is 0 Å². The van der Waals surface area contributed by atoms with Crippen LogP contribution >= 0.6 is 11.6 Å². The van der Waals surface area contributed by atoms with E-state index in [1.807, 2.05) is 0 Å². The van der Waals surface area contributed by atoms with E-state index in [1.165, 1.54) is 44.6 Å². The number of nitrogens with one attached hydrogen (secondary N) is 1. The smallest absolute Gasteiger partial charge is 0.262 e. The van der Waals surface area contributed by atoms with Crippen LogP contribution in [0.1, 0.15) is 5.56 Å². The molecule has 2 aromatic carbocycles. The first-order valence-electron chi connectivity index (χ1n) is 6.52.